The number of carbonyl (C=O) groups excluding carboxylic acids is 8. The van der Waals surface area contributed by atoms with Gasteiger partial charge in [-0.25, -0.2) is 5.84 Å². The Kier molecular flexibility index (Phi) is 22.9. The number of unbranched alkanes of at least 4 members (excludes halogenated alkanes) is 2. The Labute approximate surface area is 487 Å². The summed E-state index contributed by atoms with van der Waals surface area (Å²) in [5.41, 5.74) is 12.3. The van der Waals surface area contributed by atoms with Crippen LogP contribution in [0.25, 0.3) is 22.3 Å². The molecule has 3 aliphatic rings. The average Bonchev–Trinajstić information content (AvgIpc) is 4.25. The second kappa shape index (κ2) is 30.4. The van der Waals surface area contributed by atoms with E-state index in [1.165, 1.54) is 31.2 Å². The number of ether oxygens (including phenoxy) is 1. The number of aliphatic hydroxyl groups is 3. The number of rotatable bonds is 17. The third-order valence-corrected chi connectivity index (χ3v) is 15.3. The van der Waals surface area contributed by atoms with Gasteiger partial charge in [-0.1, -0.05) is 92.6 Å². The first-order valence-corrected chi connectivity index (χ1v) is 28.6. The number of aromatic hydroxyl groups is 1. The lowest BCUT2D eigenvalue weighted by Gasteiger charge is -2.32. The predicted octanol–water partition coefficient (Wildman–Crippen LogP) is 1.35. The SMILES string of the molecule is CCCCCOc1ccc(-c2ccc(-c3ccc(C(=O)N[C@H]4C/C=C\C[C@@H](C(=O)NN)NC(=O)[C@@H]5C[C@@H](O)CN5C(=O)[C@H](CCCN)NC(=O)[C@H](CCc5ccc(O)cc5)NC(=O)[C@@H]5C[C@@H](O)CN5C(=O)[C@H]([C@@H](C)O)NC4=O)cc3)cc2)cc1. The van der Waals surface area contributed by atoms with E-state index in [4.69, 9.17) is 16.3 Å². The van der Waals surface area contributed by atoms with Crippen molar-refractivity contribution in [1.82, 2.24) is 41.8 Å². The second-order valence-corrected chi connectivity index (χ2v) is 21.6. The first kappa shape index (κ1) is 63.4. The maximum atomic E-state index is 14.6. The summed E-state index contributed by atoms with van der Waals surface area (Å²) in [6, 6.07) is 18.5. The van der Waals surface area contributed by atoms with Gasteiger partial charge in [0.1, 0.15) is 53.8 Å². The molecule has 3 aliphatic heterocycles. The molecule has 23 heteroatoms. The number of carbonyl (C=O) groups is 8. The van der Waals surface area contributed by atoms with Gasteiger partial charge in [-0.05, 0) is 123 Å². The number of benzene rings is 4. The highest BCUT2D eigenvalue weighted by Crippen LogP contribution is 2.28. The molecule has 10 atom stereocenters. The summed E-state index contributed by atoms with van der Waals surface area (Å²) in [6.45, 7) is 3.42. The number of hydrazine groups is 1. The van der Waals surface area contributed by atoms with E-state index in [2.05, 4.69) is 33.5 Å². The first-order valence-electron chi connectivity index (χ1n) is 28.6. The maximum Gasteiger partial charge on any atom is 0.256 e. The fraction of sp³-hybridized carbons (Fsp3) is 0.443. The van der Waals surface area contributed by atoms with E-state index in [1.54, 1.807) is 36.4 Å². The minimum Gasteiger partial charge on any atom is -0.508 e. The van der Waals surface area contributed by atoms with Crippen LogP contribution in [0.1, 0.15) is 94.0 Å². The van der Waals surface area contributed by atoms with E-state index in [0.29, 0.717) is 12.2 Å². The number of fused-ring (bicyclic) bond motifs is 2. The van der Waals surface area contributed by atoms with Gasteiger partial charge in [-0.2, -0.15) is 0 Å². The van der Waals surface area contributed by atoms with Gasteiger partial charge >= 0.3 is 0 Å². The number of amides is 8. The Morgan fingerprint density at radius 1 is 0.667 bits per heavy atom. The van der Waals surface area contributed by atoms with Crippen molar-refractivity contribution in [3.05, 3.63) is 120 Å². The van der Waals surface area contributed by atoms with Crippen LogP contribution >= 0.6 is 0 Å². The molecular formula is C61H78N10O13. The van der Waals surface area contributed by atoms with Crippen LogP contribution < -0.4 is 48.3 Å². The molecule has 0 saturated carbocycles. The van der Waals surface area contributed by atoms with Gasteiger partial charge in [0, 0.05) is 31.5 Å². The van der Waals surface area contributed by atoms with Crippen molar-refractivity contribution in [3.8, 4) is 33.8 Å². The summed E-state index contributed by atoms with van der Waals surface area (Å²) in [5, 5.41) is 56.2. The second-order valence-electron chi connectivity index (χ2n) is 21.6. The summed E-state index contributed by atoms with van der Waals surface area (Å²) >= 11 is 0. The number of phenols is 1. The fourth-order valence-electron chi connectivity index (χ4n) is 10.5. The zero-order valence-corrected chi connectivity index (χ0v) is 47.3. The summed E-state index contributed by atoms with van der Waals surface area (Å²) in [5.74, 6) is -0.434. The van der Waals surface area contributed by atoms with Gasteiger partial charge in [0.05, 0.1) is 24.9 Å². The molecule has 0 radical (unpaired) electrons. The predicted molar refractivity (Wildman–Crippen MR) is 311 cm³/mol. The summed E-state index contributed by atoms with van der Waals surface area (Å²) in [4.78, 5) is 116. The molecule has 14 N–H and O–H groups in total. The molecule has 84 heavy (non-hydrogen) atoms. The zero-order valence-electron chi connectivity index (χ0n) is 47.3. The van der Waals surface area contributed by atoms with Crippen LogP contribution in [0.15, 0.2) is 109 Å². The lowest BCUT2D eigenvalue weighted by molar-refractivity contribution is -0.145. The molecule has 0 unspecified atom stereocenters. The number of nitrogens with two attached hydrogens (primary N) is 2. The Hall–Kier alpha value is -8.22. The molecule has 2 saturated heterocycles. The van der Waals surface area contributed by atoms with Gasteiger partial charge in [-0.3, -0.25) is 43.8 Å². The van der Waals surface area contributed by atoms with Crippen molar-refractivity contribution >= 4 is 47.3 Å². The monoisotopic (exact) mass is 1160 g/mol. The van der Waals surface area contributed by atoms with Crippen LogP contribution in [0.2, 0.25) is 0 Å². The molecule has 2 fully saturated rings. The normalized spacial score (nSPS) is 24.6. The molecule has 7 rings (SSSR count). The number of nitrogens with one attached hydrogen (secondary N) is 6. The number of nitrogens with zero attached hydrogens (tertiary/aromatic N) is 2. The van der Waals surface area contributed by atoms with E-state index in [0.717, 1.165) is 57.1 Å². The van der Waals surface area contributed by atoms with Gasteiger partial charge in [0.2, 0.25) is 35.4 Å². The summed E-state index contributed by atoms with van der Waals surface area (Å²) < 4.78 is 5.86. The van der Waals surface area contributed by atoms with Crippen LogP contribution in [0.5, 0.6) is 11.5 Å². The van der Waals surface area contributed by atoms with Crippen LogP contribution in [0.4, 0.5) is 0 Å². The molecule has 0 bridgehead atoms. The molecule has 4 aromatic rings. The standard InChI is InChI=1S/C61H78N10O13/c1-3-4-7-31-84-46-27-23-41(24-28-46)39-17-15-38(16-18-39)40-19-21-42(22-20-40)54(76)64-47-9-5-6-10-48(57(79)69-63)65-58(80)51-32-44(74)34-70(51)60(82)50(11-8-30-62)67-55(77)49(29-14-37-12-25-43(73)26-13-37)66-59(81)52-33-45(75)35-71(52)61(83)53(36(2)72)68-56(47)78/h5-6,12-13,15-28,36,44-45,47-53,72-75H,3-4,7-11,14,29-35,62-63H2,1-2H3,(H,64,76)(H,65,80)(H,66,81)(H,67,77)(H,68,78)(H,69,79)/b6-5-/t36-,44-,45-,47+,48+,49+,50+,51+,52+,53+/m1/s1. The molecular weight excluding hydrogens is 1080 g/mol. The quantitative estimate of drug-likeness (QED) is 0.0233. The lowest BCUT2D eigenvalue weighted by Crippen LogP contribution is -2.61. The molecule has 23 nitrogen and oxygen atoms in total. The van der Waals surface area contributed by atoms with E-state index in [1.807, 2.05) is 54.0 Å². The van der Waals surface area contributed by atoms with Crippen LogP contribution in [0, 0.1) is 0 Å². The lowest BCUT2D eigenvalue weighted by atomic mass is 9.99. The van der Waals surface area contributed by atoms with E-state index in [-0.39, 0.29) is 75.8 Å². The largest absolute Gasteiger partial charge is 0.508 e. The van der Waals surface area contributed by atoms with Crippen molar-refractivity contribution in [2.75, 3.05) is 26.2 Å². The van der Waals surface area contributed by atoms with Gasteiger partial charge < -0.3 is 67.3 Å². The molecule has 8 amide bonds. The van der Waals surface area contributed by atoms with Gasteiger partial charge in [-0.15, -0.1) is 0 Å². The van der Waals surface area contributed by atoms with Crippen LogP contribution in [0.3, 0.4) is 0 Å². The number of hydrogen-bond acceptors (Lipinski definition) is 15. The van der Waals surface area contributed by atoms with Crippen molar-refractivity contribution in [2.45, 2.75) is 145 Å². The smallest absolute Gasteiger partial charge is 0.256 e. The summed E-state index contributed by atoms with van der Waals surface area (Å²) in [7, 11) is 0. The maximum absolute atomic E-state index is 14.6. The van der Waals surface area contributed by atoms with Crippen molar-refractivity contribution in [2.24, 2.45) is 11.6 Å². The van der Waals surface area contributed by atoms with Gasteiger partial charge in [0.25, 0.3) is 11.8 Å². The molecule has 0 aliphatic carbocycles. The Morgan fingerprint density at radius 3 is 1.79 bits per heavy atom. The van der Waals surface area contributed by atoms with Gasteiger partial charge in [0.15, 0.2) is 0 Å². The van der Waals surface area contributed by atoms with Crippen molar-refractivity contribution in [3.63, 3.8) is 0 Å². The van der Waals surface area contributed by atoms with Crippen LogP contribution in [-0.4, -0.2) is 164 Å². The first-order chi connectivity index (χ1) is 40.4. The molecule has 4 aromatic carbocycles. The van der Waals surface area contributed by atoms with Crippen molar-refractivity contribution < 1.29 is 63.5 Å². The average molecular weight is 1160 g/mol. The fourth-order valence-corrected chi connectivity index (χ4v) is 10.5. The van der Waals surface area contributed by atoms with E-state index < -0.39 is 114 Å². The highest BCUT2D eigenvalue weighted by atomic mass is 16.5. The van der Waals surface area contributed by atoms with Crippen molar-refractivity contribution in [1.29, 1.82) is 0 Å². The molecule has 0 aromatic heterocycles. The molecule has 3 heterocycles. The van der Waals surface area contributed by atoms with E-state index in [9.17, 15) is 58.8 Å². The van der Waals surface area contributed by atoms with E-state index >= 15 is 0 Å². The highest BCUT2D eigenvalue weighted by molar-refractivity contribution is 6.00. The summed E-state index contributed by atoms with van der Waals surface area (Å²) in [6.07, 6.45) is 1.28. The number of aryl methyl sites for hydroxylation is 1. The Bertz CT molecular complexity index is 2940. The van der Waals surface area contributed by atoms with Crippen LogP contribution in [-0.2, 0) is 40.0 Å². The topological polar surface area (TPSA) is 357 Å². The third kappa shape index (κ3) is 17.0. The zero-order chi connectivity index (χ0) is 60.5. The molecule has 450 valence electrons. The Balaban J connectivity index is 1.16. The number of aliphatic hydroxyl groups excluding tert-OH is 3. The third-order valence-electron chi connectivity index (χ3n) is 15.3. The minimum absolute atomic E-state index is 0.0113. The minimum atomic E-state index is -1.74. The number of phenolic OH excluding ortho intramolecular Hbond substituents is 1. The molecule has 0 spiro atoms. The Morgan fingerprint density at radius 2 is 1.21 bits per heavy atom. The highest BCUT2D eigenvalue weighted by Gasteiger charge is 2.45. The number of hydrogen-bond donors (Lipinski definition) is 12.